The molecule has 0 aliphatic heterocycles. The monoisotopic (exact) mass is 514 g/mol. The van der Waals surface area contributed by atoms with Crippen LogP contribution in [-0.4, -0.2) is 56.2 Å². The quantitative estimate of drug-likeness (QED) is 0.358. The lowest BCUT2D eigenvalue weighted by Gasteiger charge is -2.35. The minimum atomic E-state index is -1.09. The van der Waals surface area contributed by atoms with Gasteiger partial charge in [-0.1, -0.05) is 11.6 Å². The molecule has 2 aliphatic carbocycles. The molecule has 8 nitrogen and oxygen atoms in total. The number of alkyl halides is 1. The number of aromatic amines is 1. The lowest BCUT2D eigenvalue weighted by atomic mass is 9.91. The maximum absolute atomic E-state index is 15.8. The van der Waals surface area contributed by atoms with Gasteiger partial charge >= 0.3 is 0 Å². The number of hydrogen-bond acceptors (Lipinski definition) is 5. The summed E-state index contributed by atoms with van der Waals surface area (Å²) >= 11 is 6.66. The van der Waals surface area contributed by atoms with Crippen LogP contribution in [0.25, 0.3) is 27.5 Å². The number of benzene rings is 1. The second-order valence-corrected chi connectivity index (χ2v) is 10.1. The molecule has 2 fully saturated rings. The molecule has 0 radical (unpaired) electrons. The van der Waals surface area contributed by atoms with Crippen molar-refractivity contribution in [1.29, 1.82) is 0 Å². The van der Waals surface area contributed by atoms with Crippen LogP contribution in [0, 0.1) is 11.7 Å². The van der Waals surface area contributed by atoms with E-state index >= 15 is 4.39 Å². The van der Waals surface area contributed by atoms with Crippen LogP contribution in [0.15, 0.2) is 30.6 Å². The zero-order valence-corrected chi connectivity index (χ0v) is 20.3. The molecular formula is C25H25ClF2N6O2. The van der Waals surface area contributed by atoms with Gasteiger partial charge in [-0.15, -0.1) is 0 Å². The first kappa shape index (κ1) is 23.2. The maximum Gasteiger partial charge on any atom is 0.231 e. The first-order chi connectivity index (χ1) is 17.3. The largest absolute Gasteiger partial charge is 0.393 e. The fourth-order valence-corrected chi connectivity index (χ4v) is 5.51. The molecule has 0 saturated heterocycles. The Morgan fingerprint density at radius 2 is 2.06 bits per heavy atom. The highest BCUT2D eigenvalue weighted by atomic mass is 35.5. The van der Waals surface area contributed by atoms with E-state index in [1.807, 2.05) is 11.9 Å². The number of aromatic nitrogens is 4. The molecule has 3 heterocycles. The Morgan fingerprint density at radius 3 is 2.78 bits per heavy atom. The van der Waals surface area contributed by atoms with Gasteiger partial charge in [-0.05, 0) is 49.8 Å². The number of H-pyrrole nitrogens is 1. The summed E-state index contributed by atoms with van der Waals surface area (Å²) in [7, 11) is 1.85. The van der Waals surface area contributed by atoms with Crippen LogP contribution in [-0.2, 0) is 4.79 Å². The second kappa shape index (κ2) is 8.70. The van der Waals surface area contributed by atoms with Crippen LogP contribution in [0.4, 0.5) is 20.3 Å². The number of aliphatic hydroxyl groups is 1. The van der Waals surface area contributed by atoms with E-state index < -0.39 is 17.9 Å². The van der Waals surface area contributed by atoms with Gasteiger partial charge in [-0.2, -0.15) is 10.2 Å². The third kappa shape index (κ3) is 3.88. The molecule has 3 N–H and O–H groups in total. The van der Waals surface area contributed by atoms with Gasteiger partial charge in [0.2, 0.25) is 5.91 Å². The molecule has 11 heteroatoms. The van der Waals surface area contributed by atoms with Gasteiger partial charge in [0.25, 0.3) is 0 Å². The van der Waals surface area contributed by atoms with Crippen LogP contribution in [0.2, 0.25) is 5.02 Å². The van der Waals surface area contributed by atoms with Crippen molar-refractivity contribution in [2.24, 2.45) is 5.92 Å². The number of nitrogens with zero attached hydrogens (tertiary/aromatic N) is 4. The Labute approximate surface area is 210 Å². The van der Waals surface area contributed by atoms with E-state index in [0.717, 1.165) is 12.8 Å². The van der Waals surface area contributed by atoms with Gasteiger partial charge in [-0.3, -0.25) is 9.89 Å². The molecule has 188 valence electrons. The van der Waals surface area contributed by atoms with Crippen molar-refractivity contribution in [1.82, 2.24) is 19.8 Å². The van der Waals surface area contributed by atoms with E-state index in [4.69, 9.17) is 11.6 Å². The van der Waals surface area contributed by atoms with Gasteiger partial charge in [0, 0.05) is 36.3 Å². The third-order valence-electron chi connectivity index (χ3n) is 7.38. The van der Waals surface area contributed by atoms with E-state index in [1.165, 1.54) is 0 Å². The van der Waals surface area contributed by atoms with Gasteiger partial charge in [0.05, 0.1) is 34.3 Å². The Bertz CT molecular complexity index is 1480. The molecule has 2 aliphatic rings. The van der Waals surface area contributed by atoms with E-state index in [-0.39, 0.29) is 29.5 Å². The molecule has 6 rings (SSSR count). The fourth-order valence-electron chi connectivity index (χ4n) is 5.20. The summed E-state index contributed by atoms with van der Waals surface area (Å²) in [5, 5.41) is 24.6. The van der Waals surface area contributed by atoms with Crippen molar-refractivity contribution < 1.29 is 18.7 Å². The molecule has 2 atom stereocenters. The average Bonchev–Trinajstić information content (AvgIpc) is 3.22. The topological polar surface area (TPSA) is 98.5 Å². The minimum Gasteiger partial charge on any atom is -0.393 e. The van der Waals surface area contributed by atoms with E-state index in [0.29, 0.717) is 51.9 Å². The predicted octanol–water partition coefficient (Wildman–Crippen LogP) is 4.71. The second-order valence-electron chi connectivity index (χ2n) is 9.75. The van der Waals surface area contributed by atoms with E-state index in [9.17, 15) is 14.3 Å². The first-order valence-corrected chi connectivity index (χ1v) is 12.4. The number of carbonyl (C=O) groups is 1. The van der Waals surface area contributed by atoms with Crippen molar-refractivity contribution >= 4 is 45.4 Å². The van der Waals surface area contributed by atoms with Gasteiger partial charge < -0.3 is 15.3 Å². The summed E-state index contributed by atoms with van der Waals surface area (Å²) in [4.78, 5) is 14.0. The third-order valence-corrected chi connectivity index (χ3v) is 7.74. The SMILES string of the molecule is CN(c1c(F)c(Cl)c(-c2ccn3nc(NC(=O)[C@@H]4C[C@@H]4F)cc3c2)c2cn[nH]c12)C1CCC(O)CC1. The first-order valence-electron chi connectivity index (χ1n) is 12.0. The summed E-state index contributed by atoms with van der Waals surface area (Å²) in [5.74, 6) is -1.22. The van der Waals surface area contributed by atoms with Crippen molar-refractivity contribution in [3.8, 4) is 11.1 Å². The van der Waals surface area contributed by atoms with Crippen LogP contribution in [0.1, 0.15) is 32.1 Å². The number of nitrogens with one attached hydrogen (secondary N) is 2. The number of aliphatic hydroxyl groups excluding tert-OH is 1. The average molecular weight is 515 g/mol. The predicted molar refractivity (Wildman–Crippen MR) is 134 cm³/mol. The molecule has 4 aromatic rings. The summed E-state index contributed by atoms with van der Waals surface area (Å²) in [6.07, 6.45) is 5.05. The molecule has 1 amide bonds. The number of hydrogen-bond donors (Lipinski definition) is 3. The standard InChI is InChI=1S/C25H25ClF2N6O2/c1-33(13-2-4-15(35)5-3-13)24-22(28)21(26)20(17-11-29-31-23(17)24)12-6-7-34-14(8-12)9-19(32-34)30-25(36)16-10-18(16)27/h6-9,11,13,15-16,18,35H,2-5,10H2,1H3,(H,29,31)(H,30,32,36)/t13?,15?,16-,18+/m1/s1. The van der Waals surface area contributed by atoms with E-state index in [1.54, 1.807) is 35.1 Å². The Morgan fingerprint density at radius 1 is 1.31 bits per heavy atom. The van der Waals surface area contributed by atoms with Crippen molar-refractivity contribution in [2.75, 3.05) is 17.3 Å². The zero-order valence-electron chi connectivity index (χ0n) is 19.5. The number of pyridine rings is 1. The maximum atomic E-state index is 15.8. The fraction of sp³-hybridized carbons (Fsp3) is 0.400. The normalized spacial score (nSPS) is 23.8. The summed E-state index contributed by atoms with van der Waals surface area (Å²) < 4.78 is 30.6. The van der Waals surface area contributed by atoms with Gasteiger partial charge in [0.1, 0.15) is 11.9 Å². The van der Waals surface area contributed by atoms with Gasteiger partial charge in [0.15, 0.2) is 11.6 Å². The highest BCUT2D eigenvalue weighted by molar-refractivity contribution is 6.36. The number of carbonyl (C=O) groups excluding carboxylic acids is 1. The van der Waals surface area contributed by atoms with Crippen LogP contribution < -0.4 is 10.2 Å². The number of anilines is 2. The zero-order chi connectivity index (χ0) is 25.1. The molecule has 0 unspecified atom stereocenters. The van der Waals surface area contributed by atoms with E-state index in [2.05, 4.69) is 20.6 Å². The van der Waals surface area contributed by atoms with Crippen LogP contribution in [0.5, 0.6) is 0 Å². The highest BCUT2D eigenvalue weighted by Gasteiger charge is 2.43. The van der Waals surface area contributed by atoms with Crippen molar-refractivity contribution in [3.05, 3.63) is 41.4 Å². The Kier molecular flexibility index (Phi) is 5.60. The highest BCUT2D eigenvalue weighted by Crippen LogP contribution is 2.44. The Hall–Kier alpha value is -3.24. The lowest BCUT2D eigenvalue weighted by Crippen LogP contribution is -2.37. The van der Waals surface area contributed by atoms with Gasteiger partial charge in [-0.25, -0.2) is 13.3 Å². The molecule has 2 saturated carbocycles. The molecule has 0 bridgehead atoms. The van der Waals surface area contributed by atoms with Crippen molar-refractivity contribution in [3.63, 3.8) is 0 Å². The van der Waals surface area contributed by atoms with Crippen LogP contribution in [0.3, 0.4) is 0 Å². The molecular weight excluding hydrogens is 490 g/mol. The number of halogens is 3. The lowest BCUT2D eigenvalue weighted by molar-refractivity contribution is -0.117. The Balaban J connectivity index is 1.37. The number of fused-ring (bicyclic) bond motifs is 2. The summed E-state index contributed by atoms with van der Waals surface area (Å²) in [6, 6.07) is 5.32. The number of rotatable bonds is 5. The molecule has 0 spiro atoms. The number of amides is 1. The smallest absolute Gasteiger partial charge is 0.231 e. The summed E-state index contributed by atoms with van der Waals surface area (Å²) in [5.41, 5.74) is 2.73. The van der Waals surface area contributed by atoms with Crippen LogP contribution >= 0.6 is 11.6 Å². The van der Waals surface area contributed by atoms with Crippen molar-refractivity contribution in [2.45, 2.75) is 50.4 Å². The molecule has 36 heavy (non-hydrogen) atoms. The minimum absolute atomic E-state index is 0.0123. The molecule has 1 aromatic carbocycles. The molecule has 3 aromatic heterocycles. The summed E-state index contributed by atoms with van der Waals surface area (Å²) in [6.45, 7) is 0.